The van der Waals surface area contributed by atoms with E-state index >= 15 is 0 Å². The number of aromatic nitrogens is 3. The zero-order chi connectivity index (χ0) is 10.8. The molecule has 0 atom stereocenters. The Bertz CT molecular complexity index is 461. The molecule has 4 nitrogen and oxygen atoms in total. The predicted molar refractivity (Wildman–Crippen MR) is 55.1 cm³/mol. The number of benzene rings is 1. The van der Waals surface area contributed by atoms with Crippen LogP contribution < -0.4 is 5.73 Å². The molecule has 0 aliphatic rings. The van der Waals surface area contributed by atoms with Gasteiger partial charge in [-0.15, -0.1) is 5.10 Å². The average molecular weight is 206 g/mol. The zero-order valence-corrected chi connectivity index (χ0v) is 8.31. The van der Waals surface area contributed by atoms with E-state index in [0.29, 0.717) is 5.82 Å². The SMILES string of the molecule is CCc1c(N)nnn1-c1ccc(F)cc1. The van der Waals surface area contributed by atoms with E-state index in [4.69, 9.17) is 5.73 Å². The molecule has 5 heteroatoms. The summed E-state index contributed by atoms with van der Waals surface area (Å²) < 4.78 is 14.3. The Kier molecular flexibility index (Phi) is 2.37. The zero-order valence-electron chi connectivity index (χ0n) is 8.31. The van der Waals surface area contributed by atoms with Crippen molar-refractivity contribution < 1.29 is 4.39 Å². The van der Waals surface area contributed by atoms with Crippen molar-refractivity contribution in [2.75, 3.05) is 5.73 Å². The molecule has 2 N–H and O–H groups in total. The molecule has 2 aromatic rings. The fourth-order valence-electron chi connectivity index (χ4n) is 1.43. The normalized spacial score (nSPS) is 10.5. The van der Waals surface area contributed by atoms with Crippen LogP contribution in [-0.2, 0) is 6.42 Å². The van der Waals surface area contributed by atoms with Crippen LogP contribution in [0, 0.1) is 5.82 Å². The fourth-order valence-corrected chi connectivity index (χ4v) is 1.43. The van der Waals surface area contributed by atoms with Gasteiger partial charge in [-0.3, -0.25) is 0 Å². The molecule has 0 spiro atoms. The van der Waals surface area contributed by atoms with Crippen LogP contribution in [0.1, 0.15) is 12.6 Å². The first-order chi connectivity index (χ1) is 7.22. The third kappa shape index (κ3) is 1.68. The van der Waals surface area contributed by atoms with Crippen LogP contribution in [0.15, 0.2) is 24.3 Å². The van der Waals surface area contributed by atoms with Crippen molar-refractivity contribution in [3.63, 3.8) is 0 Å². The van der Waals surface area contributed by atoms with Crippen LogP contribution in [0.3, 0.4) is 0 Å². The molecule has 0 radical (unpaired) electrons. The number of hydrogen-bond donors (Lipinski definition) is 1. The Morgan fingerprint density at radius 2 is 2.00 bits per heavy atom. The van der Waals surface area contributed by atoms with Crippen molar-refractivity contribution in [1.82, 2.24) is 15.0 Å². The number of anilines is 1. The largest absolute Gasteiger partial charge is 0.381 e. The molecule has 78 valence electrons. The second-order valence-electron chi connectivity index (χ2n) is 3.16. The highest BCUT2D eigenvalue weighted by Gasteiger charge is 2.09. The lowest BCUT2D eigenvalue weighted by atomic mass is 10.3. The van der Waals surface area contributed by atoms with Gasteiger partial charge in [0.2, 0.25) is 0 Å². The predicted octanol–water partition coefficient (Wildman–Crippen LogP) is 1.55. The maximum Gasteiger partial charge on any atom is 0.169 e. The van der Waals surface area contributed by atoms with Gasteiger partial charge in [-0.05, 0) is 30.7 Å². The lowest BCUT2D eigenvalue weighted by molar-refractivity contribution is 0.626. The van der Waals surface area contributed by atoms with Crippen LogP contribution in [-0.4, -0.2) is 15.0 Å². The van der Waals surface area contributed by atoms with Crippen molar-refractivity contribution in [2.45, 2.75) is 13.3 Å². The number of nitrogen functional groups attached to an aromatic ring is 1. The molecular weight excluding hydrogens is 195 g/mol. The summed E-state index contributed by atoms with van der Waals surface area (Å²) in [6, 6.07) is 6.05. The molecule has 0 fully saturated rings. The molecule has 0 aliphatic heterocycles. The third-order valence-corrected chi connectivity index (χ3v) is 2.20. The number of rotatable bonds is 2. The van der Waals surface area contributed by atoms with Gasteiger partial charge in [0.05, 0.1) is 11.4 Å². The van der Waals surface area contributed by atoms with Gasteiger partial charge in [-0.1, -0.05) is 12.1 Å². The van der Waals surface area contributed by atoms with Crippen molar-refractivity contribution in [1.29, 1.82) is 0 Å². The first-order valence-corrected chi connectivity index (χ1v) is 4.68. The summed E-state index contributed by atoms with van der Waals surface area (Å²) in [7, 11) is 0. The van der Waals surface area contributed by atoms with Crippen molar-refractivity contribution in [3.8, 4) is 5.69 Å². The molecule has 1 heterocycles. The number of nitrogens with zero attached hydrogens (tertiary/aromatic N) is 3. The molecule has 15 heavy (non-hydrogen) atoms. The van der Waals surface area contributed by atoms with Gasteiger partial charge < -0.3 is 5.73 Å². The van der Waals surface area contributed by atoms with Gasteiger partial charge in [-0.25, -0.2) is 9.07 Å². The van der Waals surface area contributed by atoms with Gasteiger partial charge in [0, 0.05) is 0 Å². The van der Waals surface area contributed by atoms with E-state index in [-0.39, 0.29) is 5.82 Å². The van der Waals surface area contributed by atoms with Crippen LogP contribution in [0.4, 0.5) is 10.2 Å². The highest BCUT2D eigenvalue weighted by Crippen LogP contribution is 2.15. The summed E-state index contributed by atoms with van der Waals surface area (Å²) in [6.07, 6.45) is 0.732. The molecule has 2 rings (SSSR count). The van der Waals surface area contributed by atoms with E-state index in [2.05, 4.69) is 10.3 Å². The van der Waals surface area contributed by atoms with Crippen molar-refractivity contribution in [3.05, 3.63) is 35.8 Å². The molecule has 0 unspecified atom stereocenters. The third-order valence-electron chi connectivity index (χ3n) is 2.20. The molecule has 0 amide bonds. The summed E-state index contributed by atoms with van der Waals surface area (Å²) in [5.74, 6) is 0.145. The van der Waals surface area contributed by atoms with E-state index in [1.807, 2.05) is 6.92 Å². The minimum atomic E-state index is -0.273. The topological polar surface area (TPSA) is 56.7 Å². The van der Waals surface area contributed by atoms with E-state index < -0.39 is 0 Å². The molecule has 0 bridgehead atoms. The number of halogens is 1. The molecular formula is C10H11FN4. The molecule has 1 aromatic heterocycles. The van der Waals surface area contributed by atoms with E-state index in [9.17, 15) is 4.39 Å². The molecule has 0 aliphatic carbocycles. The van der Waals surface area contributed by atoms with Gasteiger partial charge in [0.25, 0.3) is 0 Å². The Hall–Kier alpha value is -1.91. The number of nitrogens with two attached hydrogens (primary N) is 1. The summed E-state index contributed by atoms with van der Waals surface area (Å²) in [5.41, 5.74) is 7.25. The fraction of sp³-hybridized carbons (Fsp3) is 0.200. The molecule has 0 saturated heterocycles. The minimum Gasteiger partial charge on any atom is -0.381 e. The highest BCUT2D eigenvalue weighted by molar-refractivity contribution is 5.40. The Morgan fingerprint density at radius 1 is 1.33 bits per heavy atom. The summed E-state index contributed by atoms with van der Waals surface area (Å²) in [6.45, 7) is 1.97. The maximum atomic E-state index is 12.7. The molecule has 1 aromatic carbocycles. The van der Waals surface area contributed by atoms with Gasteiger partial charge in [0.15, 0.2) is 5.82 Å². The smallest absolute Gasteiger partial charge is 0.169 e. The van der Waals surface area contributed by atoms with Gasteiger partial charge in [-0.2, -0.15) is 0 Å². The lowest BCUT2D eigenvalue weighted by Crippen LogP contribution is -2.02. The van der Waals surface area contributed by atoms with Crippen molar-refractivity contribution >= 4 is 5.82 Å². The summed E-state index contributed by atoms with van der Waals surface area (Å²) in [4.78, 5) is 0. The summed E-state index contributed by atoms with van der Waals surface area (Å²) in [5, 5.41) is 7.69. The first-order valence-electron chi connectivity index (χ1n) is 4.68. The van der Waals surface area contributed by atoms with E-state index in [0.717, 1.165) is 17.8 Å². The minimum absolute atomic E-state index is 0.273. The lowest BCUT2D eigenvalue weighted by Gasteiger charge is -2.04. The van der Waals surface area contributed by atoms with Gasteiger partial charge >= 0.3 is 0 Å². The quantitative estimate of drug-likeness (QED) is 0.811. The van der Waals surface area contributed by atoms with Crippen molar-refractivity contribution in [2.24, 2.45) is 0 Å². The maximum absolute atomic E-state index is 12.7. The van der Waals surface area contributed by atoms with Crippen LogP contribution in [0.5, 0.6) is 0 Å². The Morgan fingerprint density at radius 3 is 2.60 bits per heavy atom. The summed E-state index contributed by atoms with van der Waals surface area (Å²) >= 11 is 0. The standard InChI is InChI=1S/C10H11FN4/c1-2-9-10(12)13-14-15(9)8-5-3-7(11)4-6-8/h3-6H,2,12H2,1H3. The molecule has 0 saturated carbocycles. The Labute approximate surface area is 86.5 Å². The van der Waals surface area contributed by atoms with Crippen LogP contribution in [0.2, 0.25) is 0 Å². The van der Waals surface area contributed by atoms with Crippen LogP contribution >= 0.6 is 0 Å². The van der Waals surface area contributed by atoms with Crippen LogP contribution in [0.25, 0.3) is 5.69 Å². The second-order valence-corrected chi connectivity index (χ2v) is 3.16. The van der Waals surface area contributed by atoms with E-state index in [1.165, 1.54) is 12.1 Å². The first kappa shape index (κ1) is 9.64. The second kappa shape index (κ2) is 3.68. The van der Waals surface area contributed by atoms with Gasteiger partial charge in [0.1, 0.15) is 5.82 Å². The Balaban J connectivity index is 2.49. The van der Waals surface area contributed by atoms with E-state index in [1.54, 1.807) is 16.8 Å². The number of hydrogen-bond acceptors (Lipinski definition) is 3. The average Bonchev–Trinajstić information content (AvgIpc) is 2.61. The highest BCUT2D eigenvalue weighted by atomic mass is 19.1. The monoisotopic (exact) mass is 206 g/mol.